The molecule has 0 aliphatic carbocycles. The Bertz CT molecular complexity index is 387. The van der Waals surface area contributed by atoms with Crippen LogP contribution < -0.4 is 29.6 Å². The smallest absolute Gasteiger partial charge is 0.448 e. The number of aryl methyl sites for hydroxylation is 1. The summed E-state index contributed by atoms with van der Waals surface area (Å²) >= 11 is 0. The van der Waals surface area contributed by atoms with Crippen LogP contribution in [0, 0.1) is 13.1 Å². The van der Waals surface area contributed by atoms with Gasteiger partial charge >= 0.3 is 29.6 Å². The Kier molecular flexibility index (Phi) is 3.20. The van der Waals surface area contributed by atoms with Gasteiger partial charge in [-0.1, -0.05) is 23.7 Å². The van der Waals surface area contributed by atoms with Crippen molar-refractivity contribution in [2.24, 2.45) is 0 Å². The first kappa shape index (κ1) is 9.65. The van der Waals surface area contributed by atoms with Gasteiger partial charge in [-0.15, -0.1) is 12.3 Å². The molecule has 0 unspecified atom stereocenters. The van der Waals surface area contributed by atoms with Gasteiger partial charge in [0.25, 0.3) is 0 Å². The number of benzene rings is 1. The van der Waals surface area contributed by atoms with Crippen LogP contribution in [-0.2, 0) is 0 Å². The molecule has 2 nitrogen and oxygen atoms in total. The predicted molar refractivity (Wildman–Crippen MR) is 43.1 cm³/mol. The van der Waals surface area contributed by atoms with Crippen molar-refractivity contribution in [2.45, 2.75) is 6.92 Å². The predicted octanol–water partition coefficient (Wildman–Crippen LogP) is -1.26. The van der Waals surface area contributed by atoms with E-state index in [-0.39, 0.29) is 29.6 Å². The van der Waals surface area contributed by atoms with Crippen molar-refractivity contribution in [3.05, 3.63) is 36.2 Å². The molecule has 0 radical (unpaired) electrons. The molecule has 1 aromatic carbocycles. The number of fused-ring (bicyclic) bond motifs is 1. The van der Waals surface area contributed by atoms with E-state index < -0.39 is 0 Å². The molecule has 1 heterocycles. The number of hydrogen-bond donors (Lipinski definition) is 0. The van der Waals surface area contributed by atoms with Crippen LogP contribution >= 0.6 is 0 Å². The quantitative estimate of drug-likeness (QED) is 0.361. The number of nitrogens with zero attached hydrogens (tertiary/aromatic N) is 2. The first-order valence-corrected chi connectivity index (χ1v) is 3.47. The van der Waals surface area contributed by atoms with Crippen molar-refractivity contribution in [3.8, 4) is 0 Å². The molecule has 0 bridgehead atoms. The second-order valence-electron chi connectivity index (χ2n) is 2.41. The topological polar surface area (TPSA) is 25.8 Å². The van der Waals surface area contributed by atoms with Crippen LogP contribution in [0.3, 0.4) is 0 Å². The van der Waals surface area contributed by atoms with E-state index in [1.807, 2.05) is 31.2 Å². The Morgan fingerprint density at radius 3 is 2.58 bits per heavy atom. The molecule has 0 aliphatic heterocycles. The van der Waals surface area contributed by atoms with Gasteiger partial charge in [-0.05, 0) is 12.6 Å². The summed E-state index contributed by atoms with van der Waals surface area (Å²) in [6, 6.07) is 7.78. The molecule has 0 spiro atoms. The number of aromatic nitrogens is 2. The molecular weight excluding hydrogens is 159 g/mol. The normalized spacial score (nSPS) is 9.42. The molecule has 0 saturated carbocycles. The Morgan fingerprint density at radius 2 is 1.83 bits per heavy atom. The summed E-state index contributed by atoms with van der Waals surface area (Å²) in [5.74, 6) is 0. The number of hydrogen-bond acceptors (Lipinski definition) is 2. The molecule has 0 amide bonds. The first-order valence-electron chi connectivity index (χ1n) is 3.47. The third-order valence-electron chi connectivity index (χ3n) is 1.51. The second kappa shape index (κ2) is 3.99. The summed E-state index contributed by atoms with van der Waals surface area (Å²) in [7, 11) is 0. The minimum absolute atomic E-state index is 0. The first-order chi connectivity index (χ1) is 5.36. The minimum Gasteiger partial charge on any atom is -0.448 e. The van der Waals surface area contributed by atoms with Crippen molar-refractivity contribution in [2.75, 3.05) is 0 Å². The van der Waals surface area contributed by atoms with Gasteiger partial charge < -0.3 is 4.98 Å². The van der Waals surface area contributed by atoms with Gasteiger partial charge in [0.1, 0.15) is 0 Å². The Balaban J connectivity index is 0.000000720. The maximum Gasteiger partial charge on any atom is 1.00 e. The Hall–Kier alpha value is -0.440. The maximum absolute atomic E-state index is 4.26. The van der Waals surface area contributed by atoms with Gasteiger partial charge in [0.15, 0.2) is 0 Å². The average molecular weight is 166 g/mol. The summed E-state index contributed by atoms with van der Waals surface area (Å²) in [6.45, 7) is 1.89. The molecule has 0 saturated heterocycles. The fourth-order valence-corrected chi connectivity index (χ4v) is 1.00. The zero-order valence-electron chi connectivity index (χ0n) is 7.20. The fourth-order valence-electron chi connectivity index (χ4n) is 1.00. The van der Waals surface area contributed by atoms with Crippen molar-refractivity contribution < 1.29 is 29.6 Å². The van der Waals surface area contributed by atoms with Crippen molar-refractivity contribution in [1.29, 1.82) is 0 Å². The molecular formula is C9H7N2Na. The van der Waals surface area contributed by atoms with Crippen LogP contribution in [0.25, 0.3) is 11.0 Å². The van der Waals surface area contributed by atoms with Gasteiger partial charge in [-0.25, -0.2) is 0 Å². The Labute approximate surface area is 93.3 Å². The monoisotopic (exact) mass is 166 g/mol. The van der Waals surface area contributed by atoms with Crippen molar-refractivity contribution in [3.63, 3.8) is 0 Å². The van der Waals surface area contributed by atoms with Gasteiger partial charge in [0, 0.05) is 5.52 Å². The summed E-state index contributed by atoms with van der Waals surface area (Å²) in [6.07, 6.45) is 2.81. The molecule has 12 heavy (non-hydrogen) atoms. The van der Waals surface area contributed by atoms with Gasteiger partial charge in [-0.3, -0.25) is 4.98 Å². The van der Waals surface area contributed by atoms with E-state index in [2.05, 4.69) is 16.2 Å². The second-order valence-corrected chi connectivity index (χ2v) is 2.41. The Morgan fingerprint density at radius 1 is 1.17 bits per heavy atom. The van der Waals surface area contributed by atoms with Crippen LogP contribution in [0.2, 0.25) is 0 Å². The molecule has 54 valence electrons. The summed E-state index contributed by atoms with van der Waals surface area (Å²) in [5, 5.41) is 0. The molecule has 1 aromatic heterocycles. The van der Waals surface area contributed by atoms with E-state index in [9.17, 15) is 0 Å². The molecule has 0 aliphatic rings. The van der Waals surface area contributed by atoms with Crippen LogP contribution in [0.1, 0.15) is 5.69 Å². The largest absolute Gasteiger partial charge is 1.00 e. The van der Waals surface area contributed by atoms with Gasteiger partial charge in [0.2, 0.25) is 0 Å². The third-order valence-corrected chi connectivity index (χ3v) is 1.51. The molecule has 0 fully saturated rings. The maximum atomic E-state index is 4.26. The van der Waals surface area contributed by atoms with Crippen LogP contribution in [0.15, 0.2) is 24.3 Å². The average Bonchev–Trinajstić information content (AvgIpc) is 2.04. The van der Waals surface area contributed by atoms with E-state index in [1.165, 1.54) is 0 Å². The molecule has 2 rings (SSSR count). The third kappa shape index (κ3) is 1.83. The van der Waals surface area contributed by atoms with Crippen molar-refractivity contribution in [1.82, 2.24) is 9.97 Å². The minimum atomic E-state index is 0. The molecule has 0 atom stereocenters. The molecule has 2 aromatic rings. The number of rotatable bonds is 0. The summed E-state index contributed by atoms with van der Waals surface area (Å²) in [4.78, 5) is 8.35. The summed E-state index contributed by atoms with van der Waals surface area (Å²) in [5.41, 5.74) is 2.67. The standard InChI is InChI=1S/C9H7N2.Na/c1-7-6-10-8-4-2-3-5-9(8)11-7;/h2-5H,1H3;/q-1;+1. The van der Waals surface area contributed by atoms with Crippen LogP contribution in [0.4, 0.5) is 0 Å². The van der Waals surface area contributed by atoms with E-state index in [0.29, 0.717) is 0 Å². The van der Waals surface area contributed by atoms with E-state index >= 15 is 0 Å². The van der Waals surface area contributed by atoms with Gasteiger partial charge in [-0.2, -0.15) is 0 Å². The van der Waals surface area contributed by atoms with Crippen LogP contribution in [0.5, 0.6) is 0 Å². The van der Waals surface area contributed by atoms with E-state index in [0.717, 1.165) is 16.7 Å². The molecule has 0 N–H and O–H groups in total. The fraction of sp³-hybridized carbons (Fsp3) is 0.111. The number of para-hydroxylation sites is 2. The zero-order chi connectivity index (χ0) is 7.68. The van der Waals surface area contributed by atoms with E-state index in [4.69, 9.17) is 0 Å². The van der Waals surface area contributed by atoms with Gasteiger partial charge in [0.05, 0.1) is 0 Å². The SMILES string of the molecule is Cc1[c-]nc2ccccc2n1.[Na+]. The summed E-state index contributed by atoms with van der Waals surface area (Å²) < 4.78 is 0. The van der Waals surface area contributed by atoms with Crippen LogP contribution in [-0.4, -0.2) is 9.97 Å². The van der Waals surface area contributed by atoms with E-state index in [1.54, 1.807) is 0 Å². The molecule has 3 heteroatoms. The zero-order valence-corrected chi connectivity index (χ0v) is 9.20. The van der Waals surface area contributed by atoms with Crippen molar-refractivity contribution >= 4 is 11.0 Å².